The minimum Gasteiger partial charge on any atom is -0.476 e. The predicted octanol–water partition coefficient (Wildman–Crippen LogP) is 0.705. The Bertz CT molecular complexity index is 558. The number of aromatic nitrogens is 3. The van der Waals surface area contributed by atoms with E-state index in [2.05, 4.69) is 15.6 Å². The quantitative estimate of drug-likeness (QED) is 0.811. The van der Waals surface area contributed by atoms with Crippen LogP contribution in [0.25, 0.3) is 0 Å². The van der Waals surface area contributed by atoms with Gasteiger partial charge in [-0.2, -0.15) is 5.10 Å². The van der Waals surface area contributed by atoms with Gasteiger partial charge in [0.05, 0.1) is 12.7 Å². The zero-order chi connectivity index (χ0) is 13.1. The summed E-state index contributed by atoms with van der Waals surface area (Å²) in [7, 11) is 1.88. The van der Waals surface area contributed by atoms with E-state index in [-0.39, 0.29) is 5.69 Å². The lowest BCUT2D eigenvalue weighted by Gasteiger charge is -2.01. The summed E-state index contributed by atoms with van der Waals surface area (Å²) in [5.74, 6) is -0.595. The van der Waals surface area contributed by atoms with Crippen molar-refractivity contribution in [3.63, 3.8) is 0 Å². The summed E-state index contributed by atoms with van der Waals surface area (Å²) in [6.45, 7) is 3.05. The lowest BCUT2D eigenvalue weighted by molar-refractivity contribution is 0.0685. The molecule has 2 aromatic rings. The van der Waals surface area contributed by atoms with Crippen LogP contribution in [0.1, 0.15) is 27.5 Å². The highest BCUT2D eigenvalue weighted by Gasteiger charge is 2.10. The second kappa shape index (κ2) is 5.01. The van der Waals surface area contributed by atoms with Crippen molar-refractivity contribution in [2.75, 3.05) is 0 Å². The van der Waals surface area contributed by atoms with Crippen LogP contribution in [0.5, 0.6) is 0 Å². The van der Waals surface area contributed by atoms with Gasteiger partial charge in [0, 0.05) is 30.9 Å². The highest BCUT2D eigenvalue weighted by molar-refractivity contribution is 5.85. The monoisotopic (exact) mass is 250 g/mol. The summed E-state index contributed by atoms with van der Waals surface area (Å²) in [5.41, 5.74) is 2.10. The second-order valence-corrected chi connectivity index (χ2v) is 3.97. The largest absolute Gasteiger partial charge is 0.476 e. The van der Waals surface area contributed by atoms with Gasteiger partial charge in [-0.05, 0) is 6.92 Å². The first-order valence-corrected chi connectivity index (χ1v) is 5.45. The SMILES string of the molecule is Cc1c(CNCc2cc(C(=O)O)no2)cnn1C. The first-order chi connectivity index (χ1) is 8.58. The first kappa shape index (κ1) is 12.3. The molecule has 0 aliphatic rings. The van der Waals surface area contributed by atoms with E-state index < -0.39 is 5.97 Å². The van der Waals surface area contributed by atoms with Gasteiger partial charge >= 0.3 is 5.97 Å². The number of carboxylic acids is 1. The topological polar surface area (TPSA) is 93.2 Å². The molecule has 0 fully saturated rings. The van der Waals surface area contributed by atoms with Crippen LogP contribution in [-0.2, 0) is 20.1 Å². The molecule has 7 heteroatoms. The number of hydrogen-bond acceptors (Lipinski definition) is 5. The Morgan fingerprint density at radius 3 is 2.89 bits per heavy atom. The molecular formula is C11H14N4O3. The number of hydrogen-bond donors (Lipinski definition) is 2. The van der Waals surface area contributed by atoms with Gasteiger partial charge in [-0.1, -0.05) is 5.16 Å². The van der Waals surface area contributed by atoms with E-state index in [1.165, 1.54) is 6.07 Å². The smallest absolute Gasteiger partial charge is 0.358 e. The highest BCUT2D eigenvalue weighted by Crippen LogP contribution is 2.06. The average Bonchev–Trinajstić information content (AvgIpc) is 2.91. The van der Waals surface area contributed by atoms with E-state index in [9.17, 15) is 4.79 Å². The molecule has 2 heterocycles. The Labute approximate surface area is 103 Å². The summed E-state index contributed by atoms with van der Waals surface area (Å²) in [6.07, 6.45) is 1.80. The molecule has 0 saturated heterocycles. The Kier molecular flexibility index (Phi) is 3.42. The van der Waals surface area contributed by atoms with E-state index in [1.54, 1.807) is 10.9 Å². The first-order valence-electron chi connectivity index (χ1n) is 5.45. The molecule has 2 aromatic heterocycles. The molecule has 2 rings (SSSR count). The van der Waals surface area contributed by atoms with Gasteiger partial charge in [-0.25, -0.2) is 4.79 Å². The van der Waals surface area contributed by atoms with Gasteiger partial charge in [0.2, 0.25) is 0 Å². The van der Waals surface area contributed by atoms with Gasteiger partial charge in [0.25, 0.3) is 0 Å². The molecule has 0 spiro atoms. The number of aromatic carboxylic acids is 1. The fourth-order valence-corrected chi connectivity index (χ4v) is 1.54. The molecule has 0 aromatic carbocycles. The molecule has 0 aliphatic carbocycles. The Morgan fingerprint density at radius 1 is 1.56 bits per heavy atom. The van der Waals surface area contributed by atoms with Crippen LogP contribution in [0.2, 0.25) is 0 Å². The fourth-order valence-electron chi connectivity index (χ4n) is 1.54. The molecule has 0 bridgehead atoms. The third kappa shape index (κ3) is 2.57. The van der Waals surface area contributed by atoms with Crippen LogP contribution in [-0.4, -0.2) is 26.0 Å². The Balaban J connectivity index is 1.88. The lowest BCUT2D eigenvalue weighted by Crippen LogP contribution is -2.12. The predicted molar refractivity (Wildman–Crippen MR) is 62.0 cm³/mol. The summed E-state index contributed by atoms with van der Waals surface area (Å²) >= 11 is 0. The average molecular weight is 250 g/mol. The number of carbonyl (C=O) groups is 1. The van der Waals surface area contributed by atoms with E-state index in [0.29, 0.717) is 18.8 Å². The van der Waals surface area contributed by atoms with Crippen molar-refractivity contribution < 1.29 is 14.4 Å². The summed E-state index contributed by atoms with van der Waals surface area (Å²) in [4.78, 5) is 10.6. The normalized spacial score (nSPS) is 10.8. The molecular weight excluding hydrogens is 236 g/mol. The number of carboxylic acid groups (broad SMARTS) is 1. The van der Waals surface area contributed by atoms with Crippen LogP contribution >= 0.6 is 0 Å². The van der Waals surface area contributed by atoms with Crippen molar-refractivity contribution in [2.45, 2.75) is 20.0 Å². The molecule has 0 unspecified atom stereocenters. The molecule has 0 atom stereocenters. The van der Waals surface area contributed by atoms with E-state index >= 15 is 0 Å². The van der Waals surface area contributed by atoms with Gasteiger partial charge in [-0.3, -0.25) is 4.68 Å². The number of aryl methyl sites for hydroxylation is 1. The van der Waals surface area contributed by atoms with Crippen molar-refractivity contribution in [3.05, 3.63) is 35.0 Å². The van der Waals surface area contributed by atoms with Crippen LogP contribution in [0.3, 0.4) is 0 Å². The zero-order valence-electron chi connectivity index (χ0n) is 10.2. The summed E-state index contributed by atoms with van der Waals surface area (Å²) in [6, 6.07) is 1.41. The van der Waals surface area contributed by atoms with Crippen molar-refractivity contribution in [2.24, 2.45) is 7.05 Å². The van der Waals surface area contributed by atoms with Crippen LogP contribution in [0.4, 0.5) is 0 Å². The zero-order valence-corrected chi connectivity index (χ0v) is 10.2. The maximum Gasteiger partial charge on any atom is 0.358 e. The second-order valence-electron chi connectivity index (χ2n) is 3.97. The Morgan fingerprint density at radius 2 is 2.33 bits per heavy atom. The summed E-state index contributed by atoms with van der Waals surface area (Å²) in [5, 5.41) is 19.4. The number of rotatable bonds is 5. The van der Waals surface area contributed by atoms with Crippen molar-refractivity contribution in [3.8, 4) is 0 Å². The van der Waals surface area contributed by atoms with E-state index in [1.807, 2.05) is 14.0 Å². The molecule has 0 radical (unpaired) electrons. The molecule has 0 amide bonds. The van der Waals surface area contributed by atoms with Crippen LogP contribution in [0.15, 0.2) is 16.8 Å². The number of nitrogens with one attached hydrogen (secondary N) is 1. The minimum atomic E-state index is -1.09. The van der Waals surface area contributed by atoms with Gasteiger partial charge < -0.3 is 14.9 Å². The van der Waals surface area contributed by atoms with Crippen molar-refractivity contribution in [1.29, 1.82) is 0 Å². The maximum atomic E-state index is 10.6. The molecule has 18 heavy (non-hydrogen) atoms. The standard InChI is InChI=1S/C11H14N4O3/c1-7-8(5-13-15(7)2)4-12-6-9-3-10(11(16)17)14-18-9/h3,5,12H,4,6H2,1-2H3,(H,16,17). The van der Waals surface area contributed by atoms with Crippen LogP contribution in [0, 0.1) is 6.92 Å². The third-order valence-electron chi connectivity index (χ3n) is 2.73. The molecule has 0 saturated carbocycles. The summed E-state index contributed by atoms with van der Waals surface area (Å²) < 4.78 is 6.68. The molecule has 7 nitrogen and oxygen atoms in total. The number of nitrogens with zero attached hydrogens (tertiary/aromatic N) is 3. The maximum absolute atomic E-state index is 10.6. The fraction of sp³-hybridized carbons (Fsp3) is 0.364. The van der Waals surface area contributed by atoms with Gasteiger partial charge in [-0.15, -0.1) is 0 Å². The molecule has 0 aliphatic heterocycles. The van der Waals surface area contributed by atoms with E-state index in [4.69, 9.17) is 9.63 Å². The third-order valence-corrected chi connectivity index (χ3v) is 2.73. The van der Waals surface area contributed by atoms with E-state index in [0.717, 1.165) is 11.3 Å². The van der Waals surface area contributed by atoms with Crippen molar-refractivity contribution >= 4 is 5.97 Å². The van der Waals surface area contributed by atoms with Crippen molar-refractivity contribution in [1.82, 2.24) is 20.3 Å². The van der Waals surface area contributed by atoms with Gasteiger partial charge in [0.15, 0.2) is 11.5 Å². The molecule has 96 valence electrons. The van der Waals surface area contributed by atoms with Gasteiger partial charge in [0.1, 0.15) is 0 Å². The minimum absolute atomic E-state index is 0.0793. The lowest BCUT2D eigenvalue weighted by atomic mass is 10.2. The Hall–Kier alpha value is -2.15. The van der Waals surface area contributed by atoms with Crippen LogP contribution < -0.4 is 5.32 Å². The molecule has 2 N–H and O–H groups in total. The highest BCUT2D eigenvalue weighted by atomic mass is 16.5.